The average molecular weight is 348 g/mol. The van der Waals surface area contributed by atoms with E-state index in [1.165, 1.54) is 23.9 Å². The van der Waals surface area contributed by atoms with Crippen LogP contribution in [-0.4, -0.2) is 26.4 Å². The molecule has 5 nitrogen and oxygen atoms in total. The number of aromatic nitrogens is 3. The molecule has 2 heterocycles. The number of carbonyl (C=O) groups excluding carboxylic acids is 1. The molecule has 0 unspecified atom stereocenters. The Morgan fingerprint density at radius 1 is 1.35 bits per heavy atom. The van der Waals surface area contributed by atoms with Gasteiger partial charge in [-0.1, -0.05) is 23.9 Å². The predicted molar refractivity (Wildman–Crippen MR) is 90.1 cm³/mol. The summed E-state index contributed by atoms with van der Waals surface area (Å²) >= 11 is 2.87. The number of anilines is 1. The second-order valence-corrected chi connectivity index (χ2v) is 6.58. The van der Waals surface area contributed by atoms with Gasteiger partial charge < -0.3 is 9.88 Å². The summed E-state index contributed by atoms with van der Waals surface area (Å²) in [5, 5.41) is 13.5. The van der Waals surface area contributed by atoms with Gasteiger partial charge in [-0.15, -0.1) is 21.5 Å². The van der Waals surface area contributed by atoms with Crippen molar-refractivity contribution < 1.29 is 9.18 Å². The third-order valence-electron chi connectivity index (χ3n) is 3.02. The summed E-state index contributed by atoms with van der Waals surface area (Å²) in [6.45, 7) is 0. The van der Waals surface area contributed by atoms with Crippen molar-refractivity contribution in [1.29, 1.82) is 0 Å². The van der Waals surface area contributed by atoms with Gasteiger partial charge >= 0.3 is 0 Å². The van der Waals surface area contributed by atoms with Crippen LogP contribution in [0.15, 0.2) is 46.9 Å². The van der Waals surface area contributed by atoms with Crippen molar-refractivity contribution >= 4 is 34.7 Å². The smallest absolute Gasteiger partial charge is 0.234 e. The fourth-order valence-electron chi connectivity index (χ4n) is 1.95. The largest absolute Gasteiger partial charge is 0.325 e. The van der Waals surface area contributed by atoms with Crippen molar-refractivity contribution in [2.45, 2.75) is 5.16 Å². The van der Waals surface area contributed by atoms with E-state index in [1.807, 2.05) is 29.1 Å². The van der Waals surface area contributed by atoms with Crippen molar-refractivity contribution in [1.82, 2.24) is 14.8 Å². The lowest BCUT2D eigenvalue weighted by Crippen LogP contribution is -2.14. The Bertz CT molecular complexity index is 817. The van der Waals surface area contributed by atoms with Gasteiger partial charge in [-0.3, -0.25) is 4.79 Å². The zero-order valence-corrected chi connectivity index (χ0v) is 13.8. The standard InChI is InChI=1S/C15H13FN4OS2/c1-20-14(12-6-3-7-22-12)18-19-15(20)23-9-13(21)17-11-5-2-4-10(16)8-11/h2-8H,9H2,1H3,(H,17,21). The summed E-state index contributed by atoms with van der Waals surface area (Å²) in [5.41, 5.74) is 0.438. The van der Waals surface area contributed by atoms with Crippen molar-refractivity contribution in [2.24, 2.45) is 7.05 Å². The first kappa shape index (κ1) is 15.7. The van der Waals surface area contributed by atoms with E-state index < -0.39 is 0 Å². The number of nitrogens with zero attached hydrogens (tertiary/aromatic N) is 3. The molecule has 0 saturated heterocycles. The molecule has 0 saturated carbocycles. The summed E-state index contributed by atoms with van der Waals surface area (Å²) in [4.78, 5) is 13.0. The number of hydrogen-bond acceptors (Lipinski definition) is 5. The third-order valence-corrected chi connectivity index (χ3v) is 4.90. The molecule has 118 valence electrons. The van der Waals surface area contributed by atoms with E-state index in [2.05, 4.69) is 15.5 Å². The molecular weight excluding hydrogens is 335 g/mol. The molecule has 0 spiro atoms. The molecule has 1 aromatic carbocycles. The molecule has 0 fully saturated rings. The highest BCUT2D eigenvalue weighted by Crippen LogP contribution is 2.26. The second kappa shape index (κ2) is 6.93. The first-order valence-corrected chi connectivity index (χ1v) is 8.61. The fraction of sp³-hybridized carbons (Fsp3) is 0.133. The number of nitrogens with one attached hydrogen (secondary N) is 1. The number of benzene rings is 1. The minimum atomic E-state index is -0.385. The Morgan fingerprint density at radius 2 is 2.22 bits per heavy atom. The van der Waals surface area contributed by atoms with Gasteiger partial charge in [-0.05, 0) is 29.6 Å². The lowest BCUT2D eigenvalue weighted by atomic mass is 10.3. The van der Waals surface area contributed by atoms with Crippen molar-refractivity contribution in [3.8, 4) is 10.7 Å². The van der Waals surface area contributed by atoms with Gasteiger partial charge in [-0.25, -0.2) is 4.39 Å². The number of amides is 1. The molecule has 0 atom stereocenters. The summed E-state index contributed by atoms with van der Waals surface area (Å²) < 4.78 is 14.9. The number of carbonyl (C=O) groups is 1. The molecule has 0 aliphatic carbocycles. The van der Waals surface area contributed by atoms with Crippen LogP contribution >= 0.6 is 23.1 Å². The normalized spacial score (nSPS) is 10.7. The highest BCUT2D eigenvalue weighted by atomic mass is 32.2. The van der Waals surface area contributed by atoms with Crippen LogP contribution in [0.2, 0.25) is 0 Å². The van der Waals surface area contributed by atoms with E-state index >= 15 is 0 Å². The predicted octanol–water partition coefficient (Wildman–Crippen LogP) is 3.41. The molecule has 2 aromatic heterocycles. The minimum Gasteiger partial charge on any atom is -0.325 e. The SMILES string of the molecule is Cn1c(SCC(=O)Nc2cccc(F)c2)nnc1-c1cccs1. The molecule has 8 heteroatoms. The van der Waals surface area contributed by atoms with Gasteiger partial charge in [0.15, 0.2) is 11.0 Å². The number of halogens is 1. The van der Waals surface area contributed by atoms with E-state index in [4.69, 9.17) is 0 Å². The Morgan fingerprint density at radius 3 is 2.96 bits per heavy atom. The van der Waals surface area contributed by atoms with Gasteiger partial charge in [0.2, 0.25) is 5.91 Å². The first-order valence-electron chi connectivity index (χ1n) is 6.75. The first-order chi connectivity index (χ1) is 11.1. The highest BCUT2D eigenvalue weighted by molar-refractivity contribution is 7.99. The number of rotatable bonds is 5. The molecule has 0 aliphatic rings. The van der Waals surface area contributed by atoms with Crippen LogP contribution in [0.5, 0.6) is 0 Å². The van der Waals surface area contributed by atoms with Gasteiger partial charge in [-0.2, -0.15) is 0 Å². The molecule has 1 amide bonds. The zero-order valence-electron chi connectivity index (χ0n) is 12.2. The summed E-state index contributed by atoms with van der Waals surface area (Å²) in [5.74, 6) is 0.339. The van der Waals surface area contributed by atoms with Crippen LogP contribution in [-0.2, 0) is 11.8 Å². The average Bonchev–Trinajstić information content (AvgIpc) is 3.15. The van der Waals surface area contributed by atoms with E-state index in [1.54, 1.807) is 23.5 Å². The molecule has 1 N–H and O–H groups in total. The van der Waals surface area contributed by atoms with Crippen molar-refractivity contribution in [2.75, 3.05) is 11.1 Å². The van der Waals surface area contributed by atoms with E-state index in [9.17, 15) is 9.18 Å². The van der Waals surface area contributed by atoms with Gasteiger partial charge in [0.25, 0.3) is 0 Å². The maximum Gasteiger partial charge on any atom is 0.234 e. The third kappa shape index (κ3) is 3.77. The molecule has 3 aromatic rings. The van der Waals surface area contributed by atoms with Crippen molar-refractivity contribution in [3.05, 3.63) is 47.6 Å². The maximum absolute atomic E-state index is 13.1. The molecule has 3 rings (SSSR count). The summed E-state index contributed by atoms with van der Waals surface area (Å²) in [7, 11) is 1.86. The fourth-order valence-corrected chi connectivity index (χ4v) is 3.41. The topological polar surface area (TPSA) is 59.8 Å². The Balaban J connectivity index is 1.61. The molecule has 0 radical (unpaired) electrons. The minimum absolute atomic E-state index is 0.174. The monoisotopic (exact) mass is 348 g/mol. The lowest BCUT2D eigenvalue weighted by Gasteiger charge is -2.05. The van der Waals surface area contributed by atoms with Crippen LogP contribution in [0.1, 0.15) is 0 Å². The molecular formula is C15H13FN4OS2. The quantitative estimate of drug-likeness (QED) is 0.718. The van der Waals surface area contributed by atoms with Gasteiger partial charge in [0, 0.05) is 12.7 Å². The molecule has 0 aliphatic heterocycles. The van der Waals surface area contributed by atoms with E-state index in [0.29, 0.717) is 10.8 Å². The number of thioether (sulfide) groups is 1. The number of thiophene rings is 1. The van der Waals surface area contributed by atoms with E-state index in [0.717, 1.165) is 10.7 Å². The van der Waals surface area contributed by atoms with Crippen LogP contribution in [0, 0.1) is 5.82 Å². The Hall–Kier alpha value is -2.19. The second-order valence-electron chi connectivity index (χ2n) is 4.69. The van der Waals surface area contributed by atoms with Gasteiger partial charge in [0.05, 0.1) is 10.6 Å². The zero-order chi connectivity index (χ0) is 16.2. The summed E-state index contributed by atoms with van der Waals surface area (Å²) in [6, 6.07) is 9.72. The molecule has 0 bridgehead atoms. The Kier molecular flexibility index (Phi) is 4.73. The number of hydrogen-bond donors (Lipinski definition) is 1. The van der Waals surface area contributed by atoms with Crippen LogP contribution < -0.4 is 5.32 Å². The summed E-state index contributed by atoms with van der Waals surface area (Å²) in [6.07, 6.45) is 0. The molecule has 23 heavy (non-hydrogen) atoms. The van der Waals surface area contributed by atoms with Crippen LogP contribution in [0.3, 0.4) is 0 Å². The van der Waals surface area contributed by atoms with Crippen LogP contribution in [0.25, 0.3) is 10.7 Å². The Labute approximate surface area is 140 Å². The van der Waals surface area contributed by atoms with Crippen molar-refractivity contribution in [3.63, 3.8) is 0 Å². The van der Waals surface area contributed by atoms with Crippen LogP contribution in [0.4, 0.5) is 10.1 Å². The lowest BCUT2D eigenvalue weighted by molar-refractivity contribution is -0.113. The van der Waals surface area contributed by atoms with Gasteiger partial charge in [0.1, 0.15) is 5.82 Å². The highest BCUT2D eigenvalue weighted by Gasteiger charge is 2.13. The van der Waals surface area contributed by atoms with E-state index in [-0.39, 0.29) is 17.5 Å². The maximum atomic E-state index is 13.1.